The van der Waals surface area contributed by atoms with Crippen molar-refractivity contribution >= 4 is 27.7 Å². The highest BCUT2D eigenvalue weighted by Gasteiger charge is 2.59. The summed E-state index contributed by atoms with van der Waals surface area (Å²) in [6, 6.07) is 9.95. The first kappa shape index (κ1) is 25.7. The van der Waals surface area contributed by atoms with E-state index in [1.54, 1.807) is 6.07 Å². The van der Waals surface area contributed by atoms with Crippen LogP contribution in [-0.2, 0) is 14.8 Å². The van der Waals surface area contributed by atoms with E-state index in [4.69, 9.17) is 5.14 Å². The number of carbonyl (C=O) groups excluding carboxylic acids is 1. The zero-order valence-electron chi connectivity index (χ0n) is 16.1. The van der Waals surface area contributed by atoms with Crippen LogP contribution in [0.3, 0.4) is 0 Å². The van der Waals surface area contributed by atoms with Crippen molar-refractivity contribution in [3.05, 3.63) is 59.7 Å². The van der Waals surface area contributed by atoms with Crippen molar-refractivity contribution in [1.82, 2.24) is 0 Å². The summed E-state index contributed by atoms with van der Waals surface area (Å²) in [6.07, 6.45) is -14.5. The second-order valence-electron chi connectivity index (χ2n) is 6.33. The molecule has 14 heteroatoms. The fourth-order valence-electron chi connectivity index (χ4n) is 2.27. The van der Waals surface area contributed by atoms with Gasteiger partial charge >= 0.3 is 12.3 Å². The van der Waals surface area contributed by atoms with E-state index in [1.165, 1.54) is 12.1 Å². The molecule has 7 nitrogen and oxygen atoms in total. The maximum Gasteiger partial charge on any atom is 0.439 e. The monoisotopic (exact) mass is 493 g/mol. The first-order valence-corrected chi connectivity index (χ1v) is 10.1. The average Bonchev–Trinajstić information content (AvgIpc) is 2.71. The number of alkyl halides is 6. The molecule has 0 heterocycles. The molecule has 0 aromatic heterocycles. The molecule has 0 aliphatic rings. The predicted molar refractivity (Wildman–Crippen MR) is 103 cm³/mol. The second-order valence-corrected chi connectivity index (χ2v) is 7.89. The number of anilines is 1. The Morgan fingerprint density at radius 3 is 2.06 bits per heavy atom. The van der Waals surface area contributed by atoms with Gasteiger partial charge in [0.25, 0.3) is 12.1 Å². The van der Waals surface area contributed by atoms with Crippen LogP contribution in [0.2, 0.25) is 0 Å². The van der Waals surface area contributed by atoms with Gasteiger partial charge in [0.15, 0.2) is 0 Å². The van der Waals surface area contributed by atoms with Gasteiger partial charge in [-0.15, -0.1) is 0 Å². The number of nitrogens with one attached hydrogen (secondary N) is 1. The summed E-state index contributed by atoms with van der Waals surface area (Å²) in [4.78, 5) is 12.0. The summed E-state index contributed by atoms with van der Waals surface area (Å²) >= 11 is 0. The van der Waals surface area contributed by atoms with Crippen molar-refractivity contribution < 1.29 is 44.3 Å². The maximum absolute atomic E-state index is 13.3. The molecule has 0 saturated carbocycles. The number of sulfonamides is 1. The molecule has 2 aromatic carbocycles. The van der Waals surface area contributed by atoms with E-state index in [9.17, 15) is 44.8 Å². The normalized spacial score (nSPS) is 13.7. The maximum atomic E-state index is 13.3. The second kappa shape index (κ2) is 9.51. The van der Waals surface area contributed by atoms with Crippen LogP contribution in [0, 0.1) is 11.3 Å². The van der Waals surface area contributed by atoms with E-state index in [2.05, 4.69) is 10.1 Å². The summed E-state index contributed by atoms with van der Waals surface area (Å²) < 4.78 is 102. The molecule has 0 bridgehead atoms. The van der Waals surface area contributed by atoms with Crippen LogP contribution in [0.1, 0.15) is 5.56 Å². The van der Waals surface area contributed by atoms with Gasteiger partial charge in [0, 0.05) is 5.69 Å². The molecule has 33 heavy (non-hydrogen) atoms. The quantitative estimate of drug-likeness (QED) is 0.346. The lowest BCUT2D eigenvalue weighted by molar-refractivity contribution is -0.304. The van der Waals surface area contributed by atoms with Gasteiger partial charge in [-0.2, -0.15) is 27.2 Å². The number of nitriles is 1. The lowest BCUT2D eigenvalue weighted by Gasteiger charge is -2.23. The smallest absolute Gasteiger partial charge is 0.430 e. The van der Waals surface area contributed by atoms with Gasteiger partial charge < -0.3 is 10.1 Å². The Labute approximate surface area is 183 Å². The van der Waals surface area contributed by atoms with Crippen LogP contribution < -0.4 is 15.2 Å². The Balaban J connectivity index is 2.13. The third-order valence-electron chi connectivity index (χ3n) is 3.83. The number of halogens is 6. The van der Waals surface area contributed by atoms with E-state index in [0.717, 1.165) is 42.5 Å². The van der Waals surface area contributed by atoms with E-state index < -0.39 is 45.7 Å². The topological polar surface area (TPSA) is 122 Å². The highest BCUT2D eigenvalue weighted by atomic mass is 32.2. The number of amides is 1. The molecule has 0 spiro atoms. The van der Waals surface area contributed by atoms with Crippen LogP contribution in [0.5, 0.6) is 5.75 Å². The van der Waals surface area contributed by atoms with Crippen LogP contribution in [0.15, 0.2) is 59.0 Å². The average molecular weight is 493 g/mol. The Bertz CT molecular complexity index is 1190. The predicted octanol–water partition coefficient (Wildman–Crippen LogP) is 3.75. The zero-order valence-corrected chi connectivity index (χ0v) is 16.9. The SMILES string of the molecule is N#C/C(=C\c1ccc(OC(F)(F)C(F)C(F)(F)F)cc1)C(=O)Nc1ccc(S(N)(=O)=O)cc1. The van der Waals surface area contributed by atoms with Crippen molar-refractivity contribution in [3.8, 4) is 11.8 Å². The summed E-state index contributed by atoms with van der Waals surface area (Å²) in [6.45, 7) is 0. The van der Waals surface area contributed by atoms with Crippen molar-refractivity contribution in [3.63, 3.8) is 0 Å². The highest BCUT2D eigenvalue weighted by Crippen LogP contribution is 2.36. The van der Waals surface area contributed by atoms with Gasteiger partial charge in [0.1, 0.15) is 17.4 Å². The van der Waals surface area contributed by atoms with E-state index >= 15 is 0 Å². The molecule has 0 radical (unpaired) electrons. The minimum atomic E-state index is -5.83. The Hall–Kier alpha value is -3.57. The van der Waals surface area contributed by atoms with E-state index in [1.807, 2.05) is 0 Å². The number of hydrogen-bond acceptors (Lipinski definition) is 5. The number of benzene rings is 2. The minimum absolute atomic E-state index is 0.106. The Morgan fingerprint density at radius 1 is 1.06 bits per heavy atom. The molecule has 0 saturated heterocycles. The Kier molecular flexibility index (Phi) is 7.40. The molecular weight excluding hydrogens is 480 g/mol. The van der Waals surface area contributed by atoms with Gasteiger partial charge in [-0.25, -0.2) is 17.9 Å². The number of hydrogen-bond donors (Lipinski definition) is 2. The van der Waals surface area contributed by atoms with Crippen LogP contribution in [0.25, 0.3) is 6.08 Å². The molecule has 0 aliphatic carbocycles. The van der Waals surface area contributed by atoms with Crippen molar-refractivity contribution in [2.24, 2.45) is 5.14 Å². The van der Waals surface area contributed by atoms with Crippen molar-refractivity contribution in [1.29, 1.82) is 5.26 Å². The zero-order chi connectivity index (χ0) is 25.0. The standard InChI is InChI=1S/C19H13F6N3O4S/c20-17(18(21,22)23)19(24,25)32-14-5-1-11(2-6-14)9-12(10-26)16(29)28-13-3-7-15(8-4-13)33(27,30)31/h1-9,17H,(H,28,29)(H2,27,30,31)/b12-9+. The number of rotatable bonds is 7. The number of nitrogens with two attached hydrogens (primary N) is 1. The lowest BCUT2D eigenvalue weighted by Crippen LogP contribution is -2.45. The molecule has 1 atom stereocenters. The first-order chi connectivity index (χ1) is 15.1. The van der Waals surface area contributed by atoms with Crippen LogP contribution in [-0.4, -0.2) is 32.8 Å². The number of ether oxygens (including phenoxy) is 1. The van der Waals surface area contributed by atoms with Crippen LogP contribution in [0.4, 0.5) is 32.0 Å². The van der Waals surface area contributed by atoms with Gasteiger partial charge in [-0.05, 0) is 48.0 Å². The number of primary sulfonamides is 1. The Morgan fingerprint density at radius 2 is 1.61 bits per heavy atom. The van der Waals surface area contributed by atoms with E-state index in [-0.39, 0.29) is 16.1 Å². The molecular formula is C19H13F6N3O4S. The largest absolute Gasteiger partial charge is 0.439 e. The van der Waals surface area contributed by atoms with Crippen LogP contribution >= 0.6 is 0 Å². The van der Waals surface area contributed by atoms with Gasteiger partial charge in [-0.3, -0.25) is 4.79 Å². The minimum Gasteiger partial charge on any atom is -0.430 e. The summed E-state index contributed by atoms with van der Waals surface area (Å²) in [5, 5.41) is 16.5. The fourth-order valence-corrected chi connectivity index (χ4v) is 2.79. The molecule has 0 aliphatic heterocycles. The third-order valence-corrected chi connectivity index (χ3v) is 4.76. The summed E-state index contributed by atoms with van der Waals surface area (Å²) in [5.41, 5.74) is -0.218. The molecule has 1 amide bonds. The van der Waals surface area contributed by atoms with Gasteiger partial charge in [0.2, 0.25) is 10.0 Å². The molecule has 2 aromatic rings. The molecule has 0 fully saturated rings. The number of carbonyl (C=O) groups is 1. The summed E-state index contributed by atoms with van der Waals surface area (Å²) in [7, 11) is -3.95. The van der Waals surface area contributed by atoms with E-state index in [0.29, 0.717) is 0 Å². The first-order valence-electron chi connectivity index (χ1n) is 8.57. The van der Waals surface area contributed by atoms with Gasteiger partial charge in [-0.1, -0.05) is 12.1 Å². The lowest BCUT2D eigenvalue weighted by atomic mass is 10.1. The van der Waals surface area contributed by atoms with Crippen molar-refractivity contribution in [2.45, 2.75) is 23.4 Å². The third kappa shape index (κ3) is 6.96. The van der Waals surface area contributed by atoms with Gasteiger partial charge in [0.05, 0.1) is 4.90 Å². The highest BCUT2D eigenvalue weighted by molar-refractivity contribution is 7.89. The van der Waals surface area contributed by atoms with Crippen molar-refractivity contribution in [2.75, 3.05) is 5.32 Å². The fraction of sp³-hybridized carbons (Fsp3) is 0.158. The number of nitrogens with zero attached hydrogens (tertiary/aromatic N) is 1. The molecule has 176 valence electrons. The molecule has 2 rings (SSSR count). The summed E-state index contributed by atoms with van der Waals surface area (Å²) in [5.74, 6) is -1.69. The molecule has 1 unspecified atom stereocenters. The molecule has 3 N–H and O–H groups in total.